The van der Waals surface area contributed by atoms with Crippen LogP contribution >= 0.6 is 34.8 Å². The molecule has 1 amide bonds. The van der Waals surface area contributed by atoms with E-state index in [0.29, 0.717) is 5.39 Å². The van der Waals surface area contributed by atoms with Gasteiger partial charge >= 0.3 is 12.1 Å². The van der Waals surface area contributed by atoms with Crippen LogP contribution in [-0.4, -0.2) is 20.4 Å². The molecular formula is C13H10Cl3F3N2O. The quantitative estimate of drug-likeness (QED) is 0.784. The number of aryl methyl sites for hydroxylation is 1. The molecule has 9 heteroatoms. The molecule has 0 aliphatic carbocycles. The molecule has 0 aliphatic heterocycles. The summed E-state index contributed by atoms with van der Waals surface area (Å²) in [5.74, 6) is -2.17. The molecule has 0 radical (unpaired) electrons. The average molecular weight is 374 g/mol. The Morgan fingerprint density at radius 2 is 1.82 bits per heavy atom. The van der Waals surface area contributed by atoms with Crippen molar-refractivity contribution >= 4 is 51.6 Å². The number of carbonyl (C=O) groups is 1. The van der Waals surface area contributed by atoms with Gasteiger partial charge in [0.2, 0.25) is 3.79 Å². The van der Waals surface area contributed by atoms with Gasteiger partial charge in [0.1, 0.15) is 6.04 Å². The van der Waals surface area contributed by atoms with Crippen LogP contribution in [-0.2, 0) is 11.8 Å². The lowest BCUT2D eigenvalue weighted by molar-refractivity contribution is -0.174. The molecule has 1 atom stereocenters. The van der Waals surface area contributed by atoms with E-state index in [2.05, 4.69) is 0 Å². The topological polar surface area (TPSA) is 34.0 Å². The molecular weight excluding hydrogens is 364 g/mol. The van der Waals surface area contributed by atoms with E-state index in [-0.39, 0.29) is 5.56 Å². The number of para-hydroxylation sites is 1. The van der Waals surface area contributed by atoms with Crippen LogP contribution in [0.15, 0.2) is 30.5 Å². The largest absolute Gasteiger partial charge is 0.471 e. The van der Waals surface area contributed by atoms with Gasteiger partial charge in [0.25, 0.3) is 0 Å². The SMILES string of the molecule is Cn1cc(C(NC(=O)C(F)(F)F)C(Cl)(Cl)Cl)c2ccccc21. The zero-order valence-electron chi connectivity index (χ0n) is 11.1. The number of alkyl halides is 6. The summed E-state index contributed by atoms with van der Waals surface area (Å²) in [6.45, 7) is 0. The van der Waals surface area contributed by atoms with Crippen molar-refractivity contribution in [3.8, 4) is 0 Å². The number of rotatable bonds is 2. The van der Waals surface area contributed by atoms with Crippen LogP contribution in [0.2, 0.25) is 0 Å². The zero-order valence-corrected chi connectivity index (χ0v) is 13.4. The third-order valence-electron chi connectivity index (χ3n) is 3.10. The van der Waals surface area contributed by atoms with Gasteiger partial charge in [-0.15, -0.1) is 0 Å². The third-order valence-corrected chi connectivity index (χ3v) is 3.75. The molecule has 0 aliphatic rings. The van der Waals surface area contributed by atoms with Crippen LogP contribution in [0.25, 0.3) is 10.9 Å². The molecule has 1 aromatic carbocycles. The molecule has 2 rings (SSSR count). The molecule has 0 saturated heterocycles. The average Bonchev–Trinajstić information content (AvgIpc) is 2.71. The lowest BCUT2D eigenvalue weighted by Crippen LogP contribution is -2.43. The number of aromatic nitrogens is 1. The van der Waals surface area contributed by atoms with E-state index in [1.54, 1.807) is 41.2 Å². The van der Waals surface area contributed by atoms with Gasteiger partial charge in [0.15, 0.2) is 0 Å². The minimum absolute atomic E-state index is 0.288. The molecule has 0 fully saturated rings. The number of fused-ring (bicyclic) bond motifs is 1. The lowest BCUT2D eigenvalue weighted by Gasteiger charge is -2.25. The van der Waals surface area contributed by atoms with E-state index in [9.17, 15) is 18.0 Å². The second-order valence-electron chi connectivity index (χ2n) is 4.66. The Hall–Kier alpha value is -1.11. The molecule has 0 bridgehead atoms. The number of amides is 1. The Morgan fingerprint density at radius 3 is 2.36 bits per heavy atom. The van der Waals surface area contributed by atoms with Crippen molar-refractivity contribution in [2.45, 2.75) is 16.0 Å². The lowest BCUT2D eigenvalue weighted by atomic mass is 10.1. The molecule has 1 heterocycles. The molecule has 120 valence electrons. The Kier molecular flexibility index (Phi) is 4.57. The van der Waals surface area contributed by atoms with Gasteiger partial charge in [0.05, 0.1) is 0 Å². The van der Waals surface area contributed by atoms with E-state index >= 15 is 0 Å². The van der Waals surface area contributed by atoms with Gasteiger partial charge < -0.3 is 9.88 Å². The summed E-state index contributed by atoms with van der Waals surface area (Å²) in [5.41, 5.74) is 1.02. The van der Waals surface area contributed by atoms with Crippen molar-refractivity contribution in [1.82, 2.24) is 9.88 Å². The summed E-state index contributed by atoms with van der Waals surface area (Å²) in [5, 5.41) is 2.33. The van der Waals surface area contributed by atoms with Crippen LogP contribution in [0.1, 0.15) is 11.6 Å². The predicted octanol–water partition coefficient (Wildman–Crippen LogP) is 4.27. The van der Waals surface area contributed by atoms with Gasteiger partial charge in [-0.1, -0.05) is 53.0 Å². The highest BCUT2D eigenvalue weighted by Crippen LogP contribution is 2.42. The van der Waals surface area contributed by atoms with Crippen molar-refractivity contribution in [2.24, 2.45) is 7.05 Å². The van der Waals surface area contributed by atoms with Crippen molar-refractivity contribution < 1.29 is 18.0 Å². The molecule has 0 saturated carbocycles. The van der Waals surface area contributed by atoms with Crippen molar-refractivity contribution in [1.29, 1.82) is 0 Å². The van der Waals surface area contributed by atoms with Crippen LogP contribution < -0.4 is 5.32 Å². The van der Waals surface area contributed by atoms with Crippen LogP contribution in [0.4, 0.5) is 13.2 Å². The summed E-state index contributed by atoms with van der Waals surface area (Å²) in [7, 11) is 1.70. The van der Waals surface area contributed by atoms with Gasteiger partial charge in [0, 0.05) is 29.7 Å². The second-order valence-corrected chi connectivity index (χ2v) is 7.03. The maximum atomic E-state index is 12.5. The summed E-state index contributed by atoms with van der Waals surface area (Å²) in [4.78, 5) is 11.2. The first-order valence-corrected chi connectivity index (χ1v) is 7.13. The van der Waals surface area contributed by atoms with Gasteiger partial charge in [-0.05, 0) is 6.07 Å². The van der Waals surface area contributed by atoms with E-state index in [4.69, 9.17) is 34.8 Å². The second kappa shape index (κ2) is 5.83. The molecule has 1 unspecified atom stereocenters. The fourth-order valence-corrected chi connectivity index (χ4v) is 2.67. The van der Waals surface area contributed by atoms with E-state index in [1.807, 2.05) is 0 Å². The highest BCUT2D eigenvalue weighted by atomic mass is 35.6. The predicted molar refractivity (Wildman–Crippen MR) is 80.1 cm³/mol. The van der Waals surface area contributed by atoms with E-state index in [1.165, 1.54) is 6.20 Å². The summed E-state index contributed by atoms with van der Waals surface area (Å²) >= 11 is 17.3. The molecule has 3 nitrogen and oxygen atoms in total. The Morgan fingerprint density at radius 1 is 1.23 bits per heavy atom. The fourth-order valence-electron chi connectivity index (χ4n) is 2.15. The molecule has 1 aromatic heterocycles. The standard InChI is InChI=1S/C13H10Cl3F3N2O/c1-21-6-8(7-4-2-3-5-9(7)21)10(12(14,15)16)20-11(22)13(17,18)19/h2-6,10H,1H3,(H,20,22). The van der Waals surface area contributed by atoms with Crippen LogP contribution in [0.3, 0.4) is 0 Å². The maximum absolute atomic E-state index is 12.5. The fraction of sp³-hybridized carbons (Fsp3) is 0.308. The zero-order chi connectivity index (χ0) is 16.7. The van der Waals surface area contributed by atoms with Crippen LogP contribution in [0.5, 0.6) is 0 Å². The highest BCUT2D eigenvalue weighted by Gasteiger charge is 2.44. The Labute approximate surface area is 138 Å². The summed E-state index contributed by atoms with van der Waals surface area (Å²) in [6.07, 6.45) is -3.55. The third kappa shape index (κ3) is 3.45. The van der Waals surface area contributed by atoms with E-state index in [0.717, 1.165) is 5.52 Å². The number of nitrogens with zero attached hydrogens (tertiary/aromatic N) is 1. The molecule has 22 heavy (non-hydrogen) atoms. The number of nitrogens with one attached hydrogen (secondary N) is 1. The van der Waals surface area contributed by atoms with Gasteiger partial charge in [-0.3, -0.25) is 4.79 Å². The smallest absolute Gasteiger partial charge is 0.350 e. The maximum Gasteiger partial charge on any atom is 0.471 e. The van der Waals surface area contributed by atoms with Crippen molar-refractivity contribution in [2.75, 3.05) is 0 Å². The number of carbonyl (C=O) groups excluding carboxylic acids is 1. The Bertz CT molecular complexity index is 707. The van der Waals surface area contributed by atoms with E-state index < -0.39 is 21.9 Å². The number of hydrogen-bond donors (Lipinski definition) is 1. The minimum atomic E-state index is -5.07. The van der Waals surface area contributed by atoms with Crippen LogP contribution in [0, 0.1) is 0 Å². The van der Waals surface area contributed by atoms with Crippen molar-refractivity contribution in [3.05, 3.63) is 36.0 Å². The Balaban J connectivity index is 2.52. The van der Waals surface area contributed by atoms with Crippen molar-refractivity contribution in [3.63, 3.8) is 0 Å². The first kappa shape index (κ1) is 17.2. The molecule has 2 aromatic rings. The number of benzene rings is 1. The minimum Gasteiger partial charge on any atom is -0.350 e. The molecule has 0 spiro atoms. The summed E-state index contributed by atoms with van der Waals surface area (Å²) < 4.78 is 37.0. The normalized spacial score (nSPS) is 14.1. The highest BCUT2D eigenvalue weighted by molar-refractivity contribution is 6.68. The first-order chi connectivity index (χ1) is 10.0. The summed E-state index contributed by atoms with van der Waals surface area (Å²) in [6, 6.07) is 5.46. The van der Waals surface area contributed by atoms with Gasteiger partial charge in [-0.25, -0.2) is 0 Å². The molecule has 1 N–H and O–H groups in total. The first-order valence-electron chi connectivity index (χ1n) is 6.00. The monoisotopic (exact) mass is 372 g/mol. The van der Waals surface area contributed by atoms with Gasteiger partial charge in [-0.2, -0.15) is 13.2 Å². The number of hydrogen-bond acceptors (Lipinski definition) is 1. The number of halogens is 6.